The van der Waals surface area contributed by atoms with Gasteiger partial charge in [0.1, 0.15) is 0 Å². The zero-order chi connectivity index (χ0) is 16.0. The molecular weight excluding hydrogens is 283 g/mol. The molecule has 0 atom stereocenters. The summed E-state index contributed by atoms with van der Waals surface area (Å²) in [5, 5.41) is 0. The van der Waals surface area contributed by atoms with Crippen molar-refractivity contribution in [3.63, 3.8) is 0 Å². The number of hydrogen-bond donors (Lipinski definition) is 0. The Morgan fingerprint density at radius 2 is 2.00 bits per heavy atom. The first kappa shape index (κ1) is 17.5. The van der Waals surface area contributed by atoms with Gasteiger partial charge in [-0.1, -0.05) is 13.8 Å². The fraction of sp³-hybridized carbons (Fsp3) is 0.533. The van der Waals surface area contributed by atoms with Gasteiger partial charge < -0.3 is 9.64 Å². The molecule has 0 fully saturated rings. The van der Waals surface area contributed by atoms with Gasteiger partial charge in [0.2, 0.25) is 0 Å². The normalized spacial score (nSPS) is 11.8. The smallest absolute Gasteiger partial charge is 0.383 e. The molecule has 0 aliphatic carbocycles. The van der Waals surface area contributed by atoms with Crippen LogP contribution in [0.1, 0.15) is 29.8 Å². The molecule has 0 aliphatic rings. The molecule has 0 saturated carbocycles. The summed E-state index contributed by atoms with van der Waals surface area (Å²) >= 11 is 0. The van der Waals surface area contributed by atoms with Crippen molar-refractivity contribution in [2.24, 2.45) is 5.92 Å². The standard InChI is InChI=1S/C15H20F3NO2/c1-11(2)9-19(6-7-21-3)13-5-4-12(10-20)14(8-13)15(16,17)18/h4-5,8,10-11H,6-7,9H2,1-3H3. The number of benzene rings is 1. The average molecular weight is 303 g/mol. The van der Waals surface area contributed by atoms with Crippen molar-refractivity contribution in [2.75, 3.05) is 31.7 Å². The number of anilines is 1. The van der Waals surface area contributed by atoms with Gasteiger partial charge in [0.05, 0.1) is 12.2 Å². The third-order valence-corrected chi connectivity index (χ3v) is 2.99. The van der Waals surface area contributed by atoms with Crippen molar-refractivity contribution in [3.8, 4) is 0 Å². The Morgan fingerprint density at radius 1 is 1.33 bits per heavy atom. The molecule has 0 aliphatic heterocycles. The highest BCUT2D eigenvalue weighted by molar-refractivity contribution is 5.79. The molecule has 1 aromatic rings. The second-order valence-corrected chi connectivity index (χ2v) is 5.22. The molecule has 0 amide bonds. The predicted octanol–water partition coefficient (Wildman–Crippen LogP) is 3.63. The molecule has 0 aromatic heterocycles. The molecule has 1 rings (SSSR count). The number of carbonyl (C=O) groups is 1. The van der Waals surface area contributed by atoms with Gasteiger partial charge in [-0.2, -0.15) is 13.2 Å². The lowest BCUT2D eigenvalue weighted by Gasteiger charge is -2.27. The zero-order valence-corrected chi connectivity index (χ0v) is 12.4. The van der Waals surface area contributed by atoms with Crippen LogP contribution in [0.5, 0.6) is 0 Å². The fourth-order valence-corrected chi connectivity index (χ4v) is 2.06. The van der Waals surface area contributed by atoms with Crippen LogP contribution in [-0.4, -0.2) is 33.1 Å². The van der Waals surface area contributed by atoms with Crippen molar-refractivity contribution < 1.29 is 22.7 Å². The molecule has 0 heterocycles. The van der Waals surface area contributed by atoms with E-state index < -0.39 is 11.7 Å². The summed E-state index contributed by atoms with van der Waals surface area (Å²) in [4.78, 5) is 12.6. The van der Waals surface area contributed by atoms with Crippen LogP contribution in [0.25, 0.3) is 0 Å². The van der Waals surface area contributed by atoms with E-state index in [2.05, 4.69) is 0 Å². The SMILES string of the molecule is COCCN(CC(C)C)c1ccc(C=O)c(C(F)(F)F)c1. The lowest BCUT2D eigenvalue weighted by molar-refractivity contribution is -0.137. The summed E-state index contributed by atoms with van der Waals surface area (Å²) in [5.41, 5.74) is -0.803. The maximum atomic E-state index is 13.0. The van der Waals surface area contributed by atoms with E-state index in [0.29, 0.717) is 31.3 Å². The summed E-state index contributed by atoms with van der Waals surface area (Å²) < 4.78 is 44.0. The lowest BCUT2D eigenvalue weighted by atomic mass is 10.1. The van der Waals surface area contributed by atoms with Crippen LogP contribution in [0.4, 0.5) is 18.9 Å². The summed E-state index contributed by atoms with van der Waals surface area (Å²) in [7, 11) is 1.55. The molecule has 0 saturated heterocycles. The van der Waals surface area contributed by atoms with E-state index in [1.54, 1.807) is 7.11 Å². The van der Waals surface area contributed by atoms with Crippen LogP contribution in [0, 0.1) is 5.92 Å². The van der Waals surface area contributed by atoms with Gasteiger partial charge >= 0.3 is 6.18 Å². The van der Waals surface area contributed by atoms with Crippen LogP contribution in [0.15, 0.2) is 18.2 Å². The van der Waals surface area contributed by atoms with Crippen molar-refractivity contribution >= 4 is 12.0 Å². The lowest BCUT2D eigenvalue weighted by Crippen LogP contribution is -2.31. The molecule has 0 spiro atoms. The van der Waals surface area contributed by atoms with Gasteiger partial charge in [-0.05, 0) is 24.1 Å². The van der Waals surface area contributed by atoms with Crippen molar-refractivity contribution in [3.05, 3.63) is 29.3 Å². The topological polar surface area (TPSA) is 29.5 Å². The third-order valence-electron chi connectivity index (χ3n) is 2.99. The summed E-state index contributed by atoms with van der Waals surface area (Å²) in [6.07, 6.45) is -4.31. The predicted molar refractivity (Wildman–Crippen MR) is 75.8 cm³/mol. The number of halogens is 3. The Bertz CT molecular complexity index is 472. The highest BCUT2D eigenvalue weighted by Gasteiger charge is 2.34. The van der Waals surface area contributed by atoms with Gasteiger partial charge in [0.25, 0.3) is 0 Å². The molecule has 0 N–H and O–H groups in total. The number of rotatable bonds is 7. The van der Waals surface area contributed by atoms with E-state index in [1.807, 2.05) is 18.7 Å². The second kappa shape index (κ2) is 7.45. The van der Waals surface area contributed by atoms with Gasteiger partial charge in [-0.3, -0.25) is 4.79 Å². The molecule has 6 heteroatoms. The number of ether oxygens (including phenoxy) is 1. The molecular formula is C15H20F3NO2. The number of alkyl halides is 3. The van der Waals surface area contributed by atoms with Gasteiger partial charge in [0.15, 0.2) is 6.29 Å². The van der Waals surface area contributed by atoms with Crippen LogP contribution in [-0.2, 0) is 10.9 Å². The summed E-state index contributed by atoms with van der Waals surface area (Å²) in [6.45, 7) is 5.51. The van der Waals surface area contributed by atoms with Gasteiger partial charge in [0, 0.05) is 31.5 Å². The van der Waals surface area contributed by atoms with Crippen LogP contribution < -0.4 is 4.90 Å². The summed E-state index contributed by atoms with van der Waals surface area (Å²) in [5.74, 6) is 0.293. The third kappa shape index (κ3) is 5.04. The maximum Gasteiger partial charge on any atom is 0.417 e. The quantitative estimate of drug-likeness (QED) is 0.720. The molecule has 0 radical (unpaired) electrons. The summed E-state index contributed by atoms with van der Waals surface area (Å²) in [6, 6.07) is 3.78. The Hall–Kier alpha value is -1.56. The minimum atomic E-state index is -4.54. The Kier molecular flexibility index (Phi) is 6.20. The Balaban J connectivity index is 3.16. The minimum Gasteiger partial charge on any atom is -0.383 e. The number of carbonyl (C=O) groups excluding carboxylic acids is 1. The van der Waals surface area contributed by atoms with Gasteiger partial charge in [-0.25, -0.2) is 0 Å². The van der Waals surface area contributed by atoms with Crippen LogP contribution >= 0.6 is 0 Å². The largest absolute Gasteiger partial charge is 0.417 e. The van der Waals surface area contributed by atoms with E-state index in [9.17, 15) is 18.0 Å². The fourth-order valence-electron chi connectivity index (χ4n) is 2.06. The van der Waals surface area contributed by atoms with E-state index >= 15 is 0 Å². The number of aldehydes is 1. The van der Waals surface area contributed by atoms with E-state index in [1.165, 1.54) is 12.1 Å². The van der Waals surface area contributed by atoms with Crippen molar-refractivity contribution in [1.82, 2.24) is 0 Å². The molecule has 3 nitrogen and oxygen atoms in total. The minimum absolute atomic E-state index is 0.231. The van der Waals surface area contributed by atoms with Crippen molar-refractivity contribution in [1.29, 1.82) is 0 Å². The second-order valence-electron chi connectivity index (χ2n) is 5.22. The molecule has 0 unspecified atom stereocenters. The maximum absolute atomic E-state index is 13.0. The van der Waals surface area contributed by atoms with E-state index in [0.717, 1.165) is 6.07 Å². The molecule has 1 aromatic carbocycles. The first-order valence-corrected chi connectivity index (χ1v) is 6.70. The van der Waals surface area contributed by atoms with E-state index in [-0.39, 0.29) is 11.8 Å². The van der Waals surface area contributed by atoms with Crippen LogP contribution in [0.3, 0.4) is 0 Å². The Labute approximate surface area is 122 Å². The molecule has 21 heavy (non-hydrogen) atoms. The monoisotopic (exact) mass is 303 g/mol. The van der Waals surface area contributed by atoms with E-state index in [4.69, 9.17) is 4.74 Å². The Morgan fingerprint density at radius 3 is 2.48 bits per heavy atom. The number of hydrogen-bond acceptors (Lipinski definition) is 3. The highest BCUT2D eigenvalue weighted by Crippen LogP contribution is 2.34. The van der Waals surface area contributed by atoms with Gasteiger partial charge in [-0.15, -0.1) is 0 Å². The number of methoxy groups -OCH3 is 1. The molecule has 0 bridgehead atoms. The number of nitrogens with zero attached hydrogens (tertiary/aromatic N) is 1. The average Bonchev–Trinajstić information content (AvgIpc) is 2.41. The highest BCUT2D eigenvalue weighted by atomic mass is 19.4. The van der Waals surface area contributed by atoms with Crippen LogP contribution in [0.2, 0.25) is 0 Å². The zero-order valence-electron chi connectivity index (χ0n) is 12.4. The first-order valence-electron chi connectivity index (χ1n) is 6.70. The first-order chi connectivity index (χ1) is 9.79. The van der Waals surface area contributed by atoms with Crippen molar-refractivity contribution in [2.45, 2.75) is 20.0 Å². The molecule has 118 valence electrons.